The zero-order chi connectivity index (χ0) is 14.0. The standard InChI is InChI=1S/C14H14Cl2N2O/c1-8(2)5-13-17-12(14(19)18-13)7-9-3-4-10(15)11(16)6-9/h3-4,6-8H,5H2,1-2H3,(H,17,18,19)/b12-7+. The highest BCUT2D eigenvalue weighted by atomic mass is 35.5. The van der Waals surface area contributed by atoms with Crippen LogP contribution in [-0.2, 0) is 4.79 Å². The molecule has 5 heteroatoms. The molecule has 3 nitrogen and oxygen atoms in total. The third kappa shape index (κ3) is 3.58. The molecule has 0 aromatic heterocycles. The van der Waals surface area contributed by atoms with Gasteiger partial charge >= 0.3 is 0 Å². The Bertz CT molecular complexity index is 577. The van der Waals surface area contributed by atoms with Gasteiger partial charge in [0.15, 0.2) is 0 Å². The second-order valence-corrected chi connectivity index (χ2v) is 5.63. The first-order chi connectivity index (χ1) is 8.95. The largest absolute Gasteiger partial charge is 0.309 e. The van der Waals surface area contributed by atoms with Crippen LogP contribution in [0.25, 0.3) is 6.08 Å². The topological polar surface area (TPSA) is 41.5 Å². The van der Waals surface area contributed by atoms with Crippen LogP contribution in [0, 0.1) is 5.92 Å². The summed E-state index contributed by atoms with van der Waals surface area (Å²) in [7, 11) is 0. The number of nitrogens with one attached hydrogen (secondary N) is 1. The molecule has 0 saturated carbocycles. The minimum atomic E-state index is -0.179. The summed E-state index contributed by atoms with van der Waals surface area (Å²) >= 11 is 11.8. The van der Waals surface area contributed by atoms with E-state index in [1.165, 1.54) is 0 Å². The monoisotopic (exact) mass is 296 g/mol. The van der Waals surface area contributed by atoms with E-state index in [0.29, 0.717) is 27.5 Å². The zero-order valence-electron chi connectivity index (χ0n) is 10.7. The van der Waals surface area contributed by atoms with Gasteiger partial charge in [0, 0.05) is 6.42 Å². The fourth-order valence-corrected chi connectivity index (χ4v) is 2.07. The fourth-order valence-electron chi connectivity index (χ4n) is 1.76. The average molecular weight is 297 g/mol. The van der Waals surface area contributed by atoms with Crippen molar-refractivity contribution in [3.8, 4) is 0 Å². The van der Waals surface area contributed by atoms with Crippen molar-refractivity contribution >= 4 is 41.0 Å². The van der Waals surface area contributed by atoms with Crippen LogP contribution in [0.3, 0.4) is 0 Å². The van der Waals surface area contributed by atoms with E-state index in [1.54, 1.807) is 24.3 Å². The second kappa shape index (κ2) is 5.76. The predicted octanol–water partition coefficient (Wildman–Crippen LogP) is 3.91. The summed E-state index contributed by atoms with van der Waals surface area (Å²) in [4.78, 5) is 16.1. The van der Waals surface area contributed by atoms with Crippen LogP contribution in [0.2, 0.25) is 10.0 Å². The molecule has 19 heavy (non-hydrogen) atoms. The number of benzene rings is 1. The number of aliphatic imine (C=N–C) groups is 1. The highest BCUT2D eigenvalue weighted by Crippen LogP contribution is 2.24. The lowest BCUT2D eigenvalue weighted by atomic mass is 10.1. The molecule has 0 unspecified atom stereocenters. The Morgan fingerprint density at radius 1 is 1.32 bits per heavy atom. The normalized spacial score (nSPS) is 17.0. The van der Waals surface area contributed by atoms with Crippen LogP contribution in [-0.4, -0.2) is 11.7 Å². The van der Waals surface area contributed by atoms with Crippen LogP contribution in [0.4, 0.5) is 0 Å². The molecule has 1 heterocycles. The number of hydrogen-bond donors (Lipinski definition) is 1. The lowest BCUT2D eigenvalue weighted by molar-refractivity contribution is -0.115. The molecule has 1 aromatic carbocycles. The molecular weight excluding hydrogens is 283 g/mol. The molecule has 1 aliphatic rings. The van der Waals surface area contributed by atoms with E-state index in [4.69, 9.17) is 23.2 Å². The van der Waals surface area contributed by atoms with Gasteiger partial charge in [0.1, 0.15) is 11.5 Å². The van der Waals surface area contributed by atoms with Crippen molar-refractivity contribution in [1.82, 2.24) is 5.32 Å². The number of carbonyl (C=O) groups excluding carboxylic acids is 1. The third-order valence-corrected chi connectivity index (χ3v) is 3.33. The Balaban J connectivity index is 2.25. The highest BCUT2D eigenvalue weighted by molar-refractivity contribution is 6.42. The van der Waals surface area contributed by atoms with Crippen LogP contribution < -0.4 is 5.32 Å². The molecule has 2 rings (SSSR count). The maximum absolute atomic E-state index is 11.8. The van der Waals surface area contributed by atoms with Gasteiger partial charge in [0.05, 0.1) is 10.0 Å². The van der Waals surface area contributed by atoms with Gasteiger partial charge in [-0.15, -0.1) is 0 Å². The number of rotatable bonds is 3. The van der Waals surface area contributed by atoms with Gasteiger partial charge in [-0.3, -0.25) is 4.79 Å². The van der Waals surface area contributed by atoms with Crippen molar-refractivity contribution in [2.24, 2.45) is 10.9 Å². The van der Waals surface area contributed by atoms with Gasteiger partial charge in [-0.05, 0) is 29.7 Å². The van der Waals surface area contributed by atoms with Gasteiger partial charge in [-0.25, -0.2) is 4.99 Å². The Morgan fingerprint density at radius 3 is 2.68 bits per heavy atom. The van der Waals surface area contributed by atoms with E-state index >= 15 is 0 Å². The molecular formula is C14H14Cl2N2O. The SMILES string of the molecule is CC(C)CC1=N/C(=C/c2ccc(Cl)c(Cl)c2)C(=O)N1. The minimum Gasteiger partial charge on any atom is -0.309 e. The molecule has 0 radical (unpaired) electrons. The average Bonchev–Trinajstić information content (AvgIpc) is 2.63. The molecule has 0 aliphatic carbocycles. The van der Waals surface area contributed by atoms with Gasteiger partial charge in [0.2, 0.25) is 0 Å². The molecule has 1 N–H and O–H groups in total. The number of hydrogen-bond acceptors (Lipinski definition) is 2. The number of nitrogens with zero attached hydrogens (tertiary/aromatic N) is 1. The Hall–Kier alpha value is -1.32. The van der Waals surface area contributed by atoms with E-state index in [9.17, 15) is 4.79 Å². The molecule has 1 aliphatic heterocycles. The maximum atomic E-state index is 11.8. The molecule has 100 valence electrons. The number of amides is 1. The van der Waals surface area contributed by atoms with Crippen molar-refractivity contribution in [2.45, 2.75) is 20.3 Å². The number of carbonyl (C=O) groups is 1. The van der Waals surface area contributed by atoms with Crippen molar-refractivity contribution < 1.29 is 4.79 Å². The van der Waals surface area contributed by atoms with Crippen molar-refractivity contribution in [3.63, 3.8) is 0 Å². The molecule has 1 aromatic rings. The summed E-state index contributed by atoms with van der Waals surface area (Å²) in [6.07, 6.45) is 2.45. The van der Waals surface area contributed by atoms with Crippen LogP contribution in [0.5, 0.6) is 0 Å². The van der Waals surface area contributed by atoms with E-state index in [0.717, 1.165) is 12.0 Å². The van der Waals surface area contributed by atoms with Crippen LogP contribution in [0.15, 0.2) is 28.9 Å². The summed E-state index contributed by atoms with van der Waals surface area (Å²) in [5.74, 6) is 0.983. The highest BCUT2D eigenvalue weighted by Gasteiger charge is 2.20. The molecule has 0 saturated heterocycles. The van der Waals surface area contributed by atoms with E-state index in [-0.39, 0.29) is 5.91 Å². The van der Waals surface area contributed by atoms with Gasteiger partial charge in [-0.2, -0.15) is 0 Å². The smallest absolute Gasteiger partial charge is 0.275 e. The lowest BCUT2D eigenvalue weighted by Crippen LogP contribution is -2.24. The van der Waals surface area contributed by atoms with E-state index in [1.807, 2.05) is 0 Å². The molecule has 0 bridgehead atoms. The summed E-state index contributed by atoms with van der Waals surface area (Å²) < 4.78 is 0. The third-order valence-electron chi connectivity index (χ3n) is 2.59. The number of halogens is 2. The summed E-state index contributed by atoms with van der Waals surface area (Å²) in [6, 6.07) is 5.20. The Labute approximate surface area is 122 Å². The fraction of sp³-hybridized carbons (Fsp3) is 0.286. The molecule has 0 fully saturated rings. The summed E-state index contributed by atoms with van der Waals surface area (Å²) in [6.45, 7) is 4.16. The van der Waals surface area contributed by atoms with Crippen molar-refractivity contribution in [2.75, 3.05) is 0 Å². The summed E-state index contributed by atoms with van der Waals surface area (Å²) in [5, 5.41) is 3.71. The van der Waals surface area contributed by atoms with E-state index in [2.05, 4.69) is 24.2 Å². The quantitative estimate of drug-likeness (QED) is 0.844. The Kier molecular flexibility index (Phi) is 4.27. The first-order valence-electron chi connectivity index (χ1n) is 6.01. The van der Waals surface area contributed by atoms with Crippen molar-refractivity contribution in [1.29, 1.82) is 0 Å². The first kappa shape index (κ1) is 14.1. The molecule has 0 spiro atoms. The van der Waals surface area contributed by atoms with Gasteiger partial charge in [0.25, 0.3) is 5.91 Å². The first-order valence-corrected chi connectivity index (χ1v) is 6.77. The van der Waals surface area contributed by atoms with Gasteiger partial charge in [-0.1, -0.05) is 43.1 Å². The predicted molar refractivity (Wildman–Crippen MR) is 79.5 cm³/mol. The molecule has 0 atom stereocenters. The Morgan fingerprint density at radius 2 is 2.05 bits per heavy atom. The second-order valence-electron chi connectivity index (χ2n) is 4.81. The lowest BCUT2D eigenvalue weighted by Gasteiger charge is -2.02. The molecule has 1 amide bonds. The van der Waals surface area contributed by atoms with Crippen LogP contribution in [0.1, 0.15) is 25.8 Å². The van der Waals surface area contributed by atoms with Gasteiger partial charge < -0.3 is 5.32 Å². The zero-order valence-corrected chi connectivity index (χ0v) is 12.2. The van der Waals surface area contributed by atoms with Crippen molar-refractivity contribution in [3.05, 3.63) is 39.5 Å². The minimum absolute atomic E-state index is 0.179. The van der Waals surface area contributed by atoms with Crippen LogP contribution >= 0.6 is 23.2 Å². The number of amidine groups is 1. The summed E-state index contributed by atoms with van der Waals surface area (Å²) in [5.41, 5.74) is 1.20. The van der Waals surface area contributed by atoms with E-state index < -0.39 is 0 Å². The maximum Gasteiger partial charge on any atom is 0.275 e.